The maximum atomic E-state index is 12.2. The number of hydrogen-bond acceptors (Lipinski definition) is 5. The quantitative estimate of drug-likeness (QED) is 0.823. The number of benzene rings is 1. The van der Waals surface area contributed by atoms with Gasteiger partial charge in [-0.2, -0.15) is 0 Å². The summed E-state index contributed by atoms with van der Waals surface area (Å²) in [6, 6.07) is 4.72. The number of nitrogens with one attached hydrogen (secondary N) is 1. The summed E-state index contributed by atoms with van der Waals surface area (Å²) in [5, 5.41) is 3.35. The molecule has 1 aromatic rings. The highest BCUT2D eigenvalue weighted by Crippen LogP contribution is 2.33. The van der Waals surface area contributed by atoms with Crippen molar-refractivity contribution in [2.45, 2.75) is 36.8 Å². The number of sulfonamides is 1. The van der Waals surface area contributed by atoms with Crippen LogP contribution >= 0.6 is 0 Å². The van der Waals surface area contributed by atoms with Crippen LogP contribution in [0, 0.1) is 0 Å². The number of hydrogen-bond donors (Lipinski definition) is 2. The van der Waals surface area contributed by atoms with Crippen LogP contribution in [0.2, 0.25) is 0 Å². The van der Waals surface area contributed by atoms with Crippen molar-refractivity contribution in [2.24, 2.45) is 0 Å². The summed E-state index contributed by atoms with van der Waals surface area (Å²) < 4.78 is 31.2. The molecule has 0 aliphatic carbocycles. The van der Waals surface area contributed by atoms with Gasteiger partial charge in [0.2, 0.25) is 10.0 Å². The van der Waals surface area contributed by atoms with E-state index in [0.717, 1.165) is 6.42 Å². The molecule has 6 nitrogen and oxygen atoms in total. The number of nitrogens with zero attached hydrogens (tertiary/aromatic N) is 1. The van der Waals surface area contributed by atoms with Gasteiger partial charge in [-0.15, -0.1) is 0 Å². The van der Waals surface area contributed by atoms with Crippen LogP contribution in [0.15, 0.2) is 23.1 Å². The molecule has 1 aliphatic rings. The molecule has 0 radical (unpaired) electrons. The topological polar surface area (TPSA) is 84.7 Å². The van der Waals surface area contributed by atoms with Gasteiger partial charge in [-0.1, -0.05) is 0 Å². The zero-order valence-electron chi connectivity index (χ0n) is 12.9. The first-order valence-corrected chi connectivity index (χ1v) is 8.33. The van der Waals surface area contributed by atoms with Gasteiger partial charge in [-0.25, -0.2) is 12.7 Å². The molecule has 0 aromatic heterocycles. The fraction of sp³-hybridized carbons (Fsp3) is 0.571. The van der Waals surface area contributed by atoms with Crippen molar-refractivity contribution in [3.05, 3.63) is 18.2 Å². The molecule has 0 spiro atoms. The van der Waals surface area contributed by atoms with Crippen LogP contribution in [-0.4, -0.2) is 45.1 Å². The molecule has 118 valence electrons. The molecule has 0 bridgehead atoms. The van der Waals surface area contributed by atoms with E-state index < -0.39 is 10.0 Å². The third-order valence-corrected chi connectivity index (χ3v) is 5.92. The molecule has 1 saturated heterocycles. The highest BCUT2D eigenvalue weighted by Gasteiger charge is 2.37. The van der Waals surface area contributed by atoms with Crippen molar-refractivity contribution in [1.29, 1.82) is 0 Å². The molecule has 2 rings (SSSR count). The summed E-state index contributed by atoms with van der Waals surface area (Å²) in [4.78, 5) is 0.222. The van der Waals surface area contributed by atoms with Gasteiger partial charge in [0, 0.05) is 20.7 Å². The van der Waals surface area contributed by atoms with Crippen molar-refractivity contribution in [1.82, 2.24) is 4.31 Å². The van der Waals surface area contributed by atoms with Gasteiger partial charge in [-0.05, 0) is 38.5 Å². The van der Waals surface area contributed by atoms with E-state index in [1.165, 1.54) is 24.5 Å². The second-order valence-corrected chi connectivity index (χ2v) is 7.99. The van der Waals surface area contributed by atoms with Crippen molar-refractivity contribution < 1.29 is 13.2 Å². The minimum Gasteiger partial charge on any atom is -0.397 e. The molecule has 1 fully saturated rings. The molecule has 0 amide bonds. The average Bonchev–Trinajstić information content (AvgIpc) is 2.72. The van der Waals surface area contributed by atoms with Crippen molar-refractivity contribution >= 4 is 21.4 Å². The van der Waals surface area contributed by atoms with E-state index in [4.69, 9.17) is 10.5 Å². The van der Waals surface area contributed by atoms with Gasteiger partial charge in [0.05, 0.1) is 27.9 Å². The number of nitrogens with two attached hydrogens (primary N) is 1. The lowest BCUT2D eigenvalue weighted by Gasteiger charge is -2.31. The Morgan fingerprint density at radius 2 is 2.10 bits per heavy atom. The minimum atomic E-state index is -3.48. The molecule has 2 unspecified atom stereocenters. The lowest BCUT2D eigenvalue weighted by atomic mass is 9.94. The zero-order chi connectivity index (χ0) is 15.8. The Bertz CT molecular complexity index is 630. The number of anilines is 2. The van der Waals surface area contributed by atoms with Crippen LogP contribution in [0.5, 0.6) is 0 Å². The third-order valence-electron chi connectivity index (χ3n) is 4.11. The van der Waals surface area contributed by atoms with Gasteiger partial charge in [0.1, 0.15) is 0 Å². The van der Waals surface area contributed by atoms with Gasteiger partial charge < -0.3 is 15.8 Å². The molecule has 0 saturated carbocycles. The van der Waals surface area contributed by atoms with Crippen LogP contribution in [0.25, 0.3) is 0 Å². The van der Waals surface area contributed by atoms with Gasteiger partial charge in [-0.3, -0.25) is 0 Å². The third kappa shape index (κ3) is 3.00. The number of ether oxygens (including phenoxy) is 1. The first kappa shape index (κ1) is 16.1. The van der Waals surface area contributed by atoms with E-state index in [0.29, 0.717) is 18.0 Å². The Balaban J connectivity index is 2.37. The van der Waals surface area contributed by atoms with Crippen LogP contribution < -0.4 is 11.1 Å². The normalized spacial score (nSPS) is 26.2. The maximum absolute atomic E-state index is 12.2. The standard InChI is InChI=1S/C14H23N3O3S/c1-10-14(2,7-8-20-10)16-13-9-11(5-6-12(13)15)21(18,19)17(3)4/h5-6,9-10,16H,7-8,15H2,1-4H3. The van der Waals surface area contributed by atoms with E-state index >= 15 is 0 Å². The molecule has 3 N–H and O–H groups in total. The van der Waals surface area contributed by atoms with Crippen LogP contribution in [-0.2, 0) is 14.8 Å². The smallest absolute Gasteiger partial charge is 0.242 e. The van der Waals surface area contributed by atoms with Crippen molar-refractivity contribution in [3.63, 3.8) is 0 Å². The second-order valence-electron chi connectivity index (χ2n) is 5.84. The lowest BCUT2D eigenvalue weighted by Crippen LogP contribution is -2.41. The Morgan fingerprint density at radius 3 is 2.62 bits per heavy atom. The van der Waals surface area contributed by atoms with E-state index in [9.17, 15) is 8.42 Å². The Kier molecular flexibility index (Phi) is 4.19. The lowest BCUT2D eigenvalue weighted by molar-refractivity contribution is 0.105. The fourth-order valence-corrected chi connectivity index (χ4v) is 3.25. The van der Waals surface area contributed by atoms with Crippen molar-refractivity contribution in [3.8, 4) is 0 Å². The molecular formula is C14H23N3O3S. The minimum absolute atomic E-state index is 0.0333. The Morgan fingerprint density at radius 1 is 1.43 bits per heavy atom. The SMILES string of the molecule is CC1OCCC1(C)Nc1cc(S(=O)(=O)N(C)C)ccc1N. The first-order valence-electron chi connectivity index (χ1n) is 6.89. The van der Waals surface area contributed by atoms with Gasteiger partial charge >= 0.3 is 0 Å². The first-order chi connectivity index (χ1) is 9.67. The monoisotopic (exact) mass is 313 g/mol. The van der Waals surface area contributed by atoms with Gasteiger partial charge in [0.25, 0.3) is 0 Å². The van der Waals surface area contributed by atoms with Crippen molar-refractivity contribution in [2.75, 3.05) is 31.8 Å². The molecule has 7 heteroatoms. The predicted molar refractivity (Wildman–Crippen MR) is 83.8 cm³/mol. The Hall–Kier alpha value is -1.31. The summed E-state index contributed by atoms with van der Waals surface area (Å²) in [6.07, 6.45) is 0.879. The van der Waals surface area contributed by atoms with Gasteiger partial charge in [0.15, 0.2) is 0 Å². The largest absolute Gasteiger partial charge is 0.397 e. The molecule has 1 heterocycles. The summed E-state index contributed by atoms with van der Waals surface area (Å²) in [6.45, 7) is 4.73. The highest BCUT2D eigenvalue weighted by molar-refractivity contribution is 7.89. The Labute approximate surface area is 126 Å². The molecule has 2 atom stereocenters. The number of nitrogen functional groups attached to an aromatic ring is 1. The summed E-state index contributed by atoms with van der Waals surface area (Å²) in [7, 11) is -0.463. The van der Waals surface area contributed by atoms with Crippen LogP contribution in [0.1, 0.15) is 20.3 Å². The van der Waals surface area contributed by atoms with Crippen LogP contribution in [0.4, 0.5) is 11.4 Å². The second kappa shape index (κ2) is 5.47. The average molecular weight is 313 g/mol. The molecule has 21 heavy (non-hydrogen) atoms. The van der Waals surface area contributed by atoms with E-state index in [1.807, 2.05) is 6.92 Å². The molecule has 1 aliphatic heterocycles. The highest BCUT2D eigenvalue weighted by atomic mass is 32.2. The predicted octanol–water partition coefficient (Wildman–Crippen LogP) is 1.50. The van der Waals surface area contributed by atoms with E-state index in [1.54, 1.807) is 12.1 Å². The molecular weight excluding hydrogens is 290 g/mol. The fourth-order valence-electron chi connectivity index (χ4n) is 2.32. The summed E-state index contributed by atoms with van der Waals surface area (Å²) in [5.74, 6) is 0. The number of rotatable bonds is 4. The maximum Gasteiger partial charge on any atom is 0.242 e. The van der Waals surface area contributed by atoms with E-state index in [2.05, 4.69) is 12.2 Å². The summed E-state index contributed by atoms with van der Waals surface area (Å²) >= 11 is 0. The van der Waals surface area contributed by atoms with E-state index in [-0.39, 0.29) is 16.5 Å². The molecule has 1 aromatic carbocycles. The zero-order valence-corrected chi connectivity index (χ0v) is 13.7. The van der Waals surface area contributed by atoms with Crippen LogP contribution in [0.3, 0.4) is 0 Å². The summed E-state index contributed by atoms with van der Waals surface area (Å²) in [5.41, 5.74) is 6.87.